The summed E-state index contributed by atoms with van der Waals surface area (Å²) in [5, 5.41) is 85.0. The van der Waals surface area contributed by atoms with Gasteiger partial charge in [0.1, 0.15) is 24.4 Å². The Morgan fingerprint density at radius 3 is 2.17 bits per heavy atom. The minimum absolute atomic E-state index is 0.0208. The first-order valence-electron chi connectivity index (χ1n) is 18.6. The van der Waals surface area contributed by atoms with Gasteiger partial charge in [-0.15, -0.1) is 0 Å². The molecule has 1 aliphatic heterocycles. The van der Waals surface area contributed by atoms with E-state index < -0.39 is 71.9 Å². The van der Waals surface area contributed by atoms with E-state index in [0.29, 0.717) is 30.6 Å². The number of aliphatic hydroxyl groups is 8. The Kier molecular flexibility index (Phi) is 9.29. The second-order valence-electron chi connectivity index (χ2n) is 18.1. The van der Waals surface area contributed by atoms with Crippen LogP contribution in [0.25, 0.3) is 0 Å². The van der Waals surface area contributed by atoms with Gasteiger partial charge in [0.05, 0.1) is 36.4 Å². The highest BCUT2D eigenvalue weighted by atomic mass is 16.7. The summed E-state index contributed by atoms with van der Waals surface area (Å²) in [6.45, 7) is 11.9. The summed E-state index contributed by atoms with van der Waals surface area (Å²) in [6.07, 6.45) is -2.03. The van der Waals surface area contributed by atoms with Crippen molar-refractivity contribution in [3.8, 4) is 0 Å². The molecule has 6 aliphatic rings. The smallest absolute Gasteiger partial charge is 0.317 e. The van der Waals surface area contributed by atoms with E-state index in [2.05, 4.69) is 20.8 Å². The predicted molar refractivity (Wildman–Crippen MR) is 174 cm³/mol. The Balaban J connectivity index is 1.24. The Labute approximate surface area is 285 Å². The van der Waals surface area contributed by atoms with Gasteiger partial charge in [0.25, 0.3) is 0 Å². The first-order chi connectivity index (χ1) is 22.3. The van der Waals surface area contributed by atoms with Crippen LogP contribution >= 0.6 is 0 Å². The molecule has 5 aliphatic carbocycles. The Bertz CT molecular complexity index is 1230. The van der Waals surface area contributed by atoms with Crippen molar-refractivity contribution < 1.29 is 55.1 Å². The van der Waals surface area contributed by atoms with Gasteiger partial charge in [-0.3, -0.25) is 4.79 Å². The van der Waals surface area contributed by atoms with E-state index in [1.54, 1.807) is 6.92 Å². The maximum atomic E-state index is 14.1. The summed E-state index contributed by atoms with van der Waals surface area (Å²) >= 11 is 0. The molecule has 11 nitrogen and oxygen atoms in total. The van der Waals surface area contributed by atoms with E-state index in [-0.39, 0.29) is 41.1 Å². The first-order valence-corrected chi connectivity index (χ1v) is 18.6. The zero-order valence-electron chi connectivity index (χ0n) is 29.7. The van der Waals surface area contributed by atoms with Gasteiger partial charge < -0.3 is 50.3 Å². The summed E-state index contributed by atoms with van der Waals surface area (Å²) in [5.41, 5.74) is -3.11. The number of rotatable bonds is 9. The van der Waals surface area contributed by atoms with Crippen LogP contribution in [0, 0.1) is 56.7 Å². The van der Waals surface area contributed by atoms with E-state index in [4.69, 9.17) is 9.47 Å². The van der Waals surface area contributed by atoms with Gasteiger partial charge in [-0.2, -0.15) is 0 Å². The lowest BCUT2D eigenvalue weighted by Crippen LogP contribution is -2.65. The number of aliphatic hydroxyl groups excluding tert-OH is 7. The van der Waals surface area contributed by atoms with E-state index in [1.807, 2.05) is 13.8 Å². The fourth-order valence-electron chi connectivity index (χ4n) is 12.9. The molecule has 0 aromatic rings. The van der Waals surface area contributed by atoms with E-state index >= 15 is 0 Å². The topological polar surface area (TPSA) is 197 Å². The highest BCUT2D eigenvalue weighted by molar-refractivity contribution is 5.78. The minimum Gasteiger partial charge on any atom is -0.432 e. The zero-order chi connectivity index (χ0) is 35.4. The van der Waals surface area contributed by atoms with Gasteiger partial charge in [-0.1, -0.05) is 34.6 Å². The third-order valence-electron chi connectivity index (χ3n) is 16.4. The Morgan fingerprint density at radius 1 is 0.875 bits per heavy atom. The molecule has 6 fully saturated rings. The number of hydrogen-bond acceptors (Lipinski definition) is 11. The number of fused-ring (bicyclic) bond motifs is 2. The predicted octanol–water partition coefficient (Wildman–Crippen LogP) is 1.88. The van der Waals surface area contributed by atoms with Crippen LogP contribution in [0.5, 0.6) is 0 Å². The summed E-state index contributed by atoms with van der Waals surface area (Å²) in [5.74, 6) is 0.0198. The molecule has 17 atom stereocenters. The number of ether oxygens (including phenoxy) is 2. The van der Waals surface area contributed by atoms with Crippen molar-refractivity contribution in [1.29, 1.82) is 0 Å². The molecule has 48 heavy (non-hydrogen) atoms. The highest BCUT2D eigenvalue weighted by Crippen LogP contribution is 2.89. The normalized spacial score (nSPS) is 53.1. The average molecular weight is 683 g/mol. The molecule has 1 saturated heterocycles. The molecule has 276 valence electrons. The van der Waals surface area contributed by atoms with Crippen molar-refractivity contribution in [2.24, 2.45) is 56.7 Å². The molecule has 0 amide bonds. The molecule has 0 aromatic carbocycles. The maximum Gasteiger partial charge on any atom is 0.317 e. The standard InChI is InChI=1S/C37H62O11/c1-19(2)36(46,18-39)12-9-20(3)21-10-11-33(5)23-7-8-24-34(6,31(45)48-30-29(44)28(43)27(42)22(16-38)47-30)25(40)15-26(41)37(24)17-35(23,37)14-13-32(21,33)4/h19-30,38-44,46H,7-18H2,1-6H3. The van der Waals surface area contributed by atoms with Crippen molar-refractivity contribution >= 4 is 5.97 Å². The van der Waals surface area contributed by atoms with Crippen LogP contribution < -0.4 is 0 Å². The molecule has 6 rings (SSSR count). The van der Waals surface area contributed by atoms with E-state index in [0.717, 1.165) is 44.9 Å². The van der Waals surface area contributed by atoms with Gasteiger partial charge >= 0.3 is 5.97 Å². The molecular weight excluding hydrogens is 620 g/mol. The molecule has 11 heteroatoms. The average Bonchev–Trinajstić information content (AvgIpc) is 3.67. The van der Waals surface area contributed by atoms with E-state index in [9.17, 15) is 45.6 Å². The van der Waals surface area contributed by atoms with Crippen molar-refractivity contribution in [2.75, 3.05) is 13.2 Å². The fourth-order valence-corrected chi connectivity index (χ4v) is 12.9. The Morgan fingerprint density at radius 2 is 1.54 bits per heavy atom. The number of carbonyl (C=O) groups is 1. The molecule has 0 radical (unpaired) electrons. The van der Waals surface area contributed by atoms with Crippen LogP contribution in [-0.4, -0.2) is 109 Å². The third kappa shape index (κ3) is 4.74. The van der Waals surface area contributed by atoms with Crippen LogP contribution in [0.4, 0.5) is 0 Å². The van der Waals surface area contributed by atoms with Gasteiger partial charge in [-0.25, -0.2) is 0 Å². The SMILES string of the molecule is CC(CCC(O)(CO)C(C)C)C1CCC2(C)C3CCC4C(C)(C(=O)OC5OC(CO)C(O)C(O)C5O)C(O)CC(O)C45CC35CCC12C. The summed E-state index contributed by atoms with van der Waals surface area (Å²) in [6, 6.07) is 0. The van der Waals surface area contributed by atoms with Gasteiger partial charge in [0.15, 0.2) is 0 Å². The fraction of sp³-hybridized carbons (Fsp3) is 0.973. The minimum atomic E-state index is -1.74. The second kappa shape index (κ2) is 12.1. The third-order valence-corrected chi connectivity index (χ3v) is 16.4. The number of carbonyl (C=O) groups excluding carboxylic acids is 1. The maximum absolute atomic E-state index is 14.1. The summed E-state index contributed by atoms with van der Waals surface area (Å²) in [7, 11) is 0. The number of hydrogen-bond donors (Lipinski definition) is 8. The molecular formula is C37H62O11. The monoisotopic (exact) mass is 682 g/mol. The van der Waals surface area contributed by atoms with Crippen molar-refractivity contribution in [2.45, 2.75) is 154 Å². The van der Waals surface area contributed by atoms with Crippen LogP contribution in [0.1, 0.15) is 106 Å². The van der Waals surface area contributed by atoms with Crippen molar-refractivity contribution in [3.05, 3.63) is 0 Å². The molecule has 17 unspecified atom stereocenters. The molecule has 0 aromatic heterocycles. The summed E-state index contributed by atoms with van der Waals surface area (Å²) in [4.78, 5) is 14.1. The lowest BCUT2D eigenvalue weighted by Gasteiger charge is -2.63. The van der Waals surface area contributed by atoms with Gasteiger partial charge in [-0.05, 0) is 111 Å². The highest BCUT2D eigenvalue weighted by Gasteiger charge is 2.85. The quantitative estimate of drug-likeness (QED) is 0.165. The van der Waals surface area contributed by atoms with Gasteiger partial charge in [0, 0.05) is 11.8 Å². The molecule has 8 N–H and O–H groups in total. The molecule has 1 heterocycles. The van der Waals surface area contributed by atoms with Crippen molar-refractivity contribution in [1.82, 2.24) is 0 Å². The van der Waals surface area contributed by atoms with Crippen LogP contribution in [-0.2, 0) is 14.3 Å². The molecule has 0 bridgehead atoms. The largest absolute Gasteiger partial charge is 0.432 e. The van der Waals surface area contributed by atoms with Crippen molar-refractivity contribution in [3.63, 3.8) is 0 Å². The van der Waals surface area contributed by atoms with Crippen LogP contribution in [0.2, 0.25) is 0 Å². The van der Waals surface area contributed by atoms with Crippen LogP contribution in [0.15, 0.2) is 0 Å². The first kappa shape index (κ1) is 36.9. The Hall–Kier alpha value is -0.890. The zero-order valence-corrected chi connectivity index (χ0v) is 29.7. The van der Waals surface area contributed by atoms with Crippen LogP contribution in [0.3, 0.4) is 0 Å². The number of esters is 1. The molecule has 5 saturated carbocycles. The summed E-state index contributed by atoms with van der Waals surface area (Å²) < 4.78 is 11.2. The lowest BCUT2D eigenvalue weighted by atomic mass is 9.41. The second-order valence-corrected chi connectivity index (χ2v) is 18.1. The molecule has 2 spiro atoms. The van der Waals surface area contributed by atoms with E-state index in [1.165, 1.54) is 0 Å². The lowest BCUT2D eigenvalue weighted by molar-refractivity contribution is -0.300. The van der Waals surface area contributed by atoms with Gasteiger partial charge in [0.2, 0.25) is 6.29 Å².